The molecule has 8 nitrogen and oxygen atoms in total. The van der Waals surface area contributed by atoms with Crippen molar-refractivity contribution >= 4 is 34.8 Å². The minimum atomic E-state index is -4.73. The summed E-state index contributed by atoms with van der Waals surface area (Å²) in [4.78, 5) is 29.6. The van der Waals surface area contributed by atoms with Crippen LogP contribution in [0, 0.1) is 18.3 Å². The number of likely N-dealkylation sites (tertiary alicyclic amines) is 1. The van der Waals surface area contributed by atoms with Gasteiger partial charge in [0, 0.05) is 41.0 Å². The van der Waals surface area contributed by atoms with E-state index in [4.69, 9.17) is 28.3 Å². The third kappa shape index (κ3) is 6.59. The molecule has 1 heterocycles. The number of hydrogen-bond donors (Lipinski definition) is 1. The summed E-state index contributed by atoms with van der Waals surface area (Å²) < 4.78 is 45.1. The van der Waals surface area contributed by atoms with Crippen molar-refractivity contribution in [2.75, 3.05) is 25.0 Å². The molecule has 1 atom stereocenters. The Morgan fingerprint density at radius 3 is 2.77 bits per heavy atom. The smallest absolute Gasteiger partial charge is 0.416 e. The van der Waals surface area contributed by atoms with Gasteiger partial charge in [-0.15, -0.1) is 6.42 Å². The zero-order chi connectivity index (χ0) is 25.6. The van der Waals surface area contributed by atoms with E-state index in [1.807, 2.05) is 0 Å². The van der Waals surface area contributed by atoms with Crippen molar-refractivity contribution < 1.29 is 27.5 Å². The lowest BCUT2D eigenvalue weighted by Crippen LogP contribution is -2.43. The quantitative estimate of drug-likeness (QED) is 0.232. The van der Waals surface area contributed by atoms with Gasteiger partial charge in [-0.05, 0) is 48.7 Å². The summed E-state index contributed by atoms with van der Waals surface area (Å²) in [5, 5.41) is 6.26. The lowest BCUT2D eigenvalue weighted by molar-refractivity contribution is -0.137. The topological polar surface area (TPSA) is 107 Å². The predicted octanol–water partition coefficient (Wildman–Crippen LogP) is 5.80. The van der Waals surface area contributed by atoms with Crippen molar-refractivity contribution in [2.45, 2.75) is 19.0 Å². The van der Waals surface area contributed by atoms with Crippen LogP contribution in [0.5, 0.6) is 5.75 Å². The molecule has 12 heteroatoms. The SMILES string of the molecule is C#CCOc1cc(NC(=O)C2CCCN(C(=O)c3cc(N=[N+]=[N-])cc(C(F)(F)F)c3)C2)ccc1Cl. The van der Waals surface area contributed by atoms with Gasteiger partial charge in [0.05, 0.1) is 16.5 Å². The van der Waals surface area contributed by atoms with E-state index >= 15 is 0 Å². The van der Waals surface area contributed by atoms with Gasteiger partial charge in [0.2, 0.25) is 5.91 Å². The lowest BCUT2D eigenvalue weighted by atomic mass is 9.96. The zero-order valence-corrected chi connectivity index (χ0v) is 18.9. The van der Waals surface area contributed by atoms with Gasteiger partial charge in [-0.3, -0.25) is 9.59 Å². The Balaban J connectivity index is 1.75. The van der Waals surface area contributed by atoms with Crippen molar-refractivity contribution in [1.82, 2.24) is 4.90 Å². The van der Waals surface area contributed by atoms with Crippen LogP contribution in [0.2, 0.25) is 5.02 Å². The highest BCUT2D eigenvalue weighted by Gasteiger charge is 2.33. The first-order chi connectivity index (χ1) is 16.6. The van der Waals surface area contributed by atoms with Crippen LogP contribution in [0.15, 0.2) is 41.5 Å². The molecule has 1 N–H and O–H groups in total. The van der Waals surface area contributed by atoms with Crippen LogP contribution in [-0.2, 0) is 11.0 Å². The number of amides is 2. The van der Waals surface area contributed by atoms with Crippen LogP contribution in [0.25, 0.3) is 10.4 Å². The molecule has 0 saturated carbocycles. The highest BCUT2D eigenvalue weighted by molar-refractivity contribution is 6.32. The molecule has 0 spiro atoms. The molecule has 1 unspecified atom stereocenters. The van der Waals surface area contributed by atoms with Crippen molar-refractivity contribution in [2.24, 2.45) is 11.0 Å². The fourth-order valence-corrected chi connectivity index (χ4v) is 3.79. The Kier molecular flexibility index (Phi) is 8.12. The number of piperidine rings is 1. The Labute approximate surface area is 203 Å². The van der Waals surface area contributed by atoms with Gasteiger partial charge >= 0.3 is 6.18 Å². The standard InChI is InChI=1S/C23H19ClF3N5O3/c1-2-8-35-20-12-17(5-6-19(20)24)29-21(33)14-4-3-7-32(13-14)22(34)15-9-16(23(25,26)27)11-18(10-15)30-31-28/h1,5-6,9-12,14H,3-4,7-8,13H2,(H,29,33). The molecule has 1 saturated heterocycles. The van der Waals surface area contributed by atoms with Gasteiger partial charge in [-0.25, -0.2) is 0 Å². The molecule has 0 aliphatic carbocycles. The maximum atomic E-state index is 13.3. The van der Waals surface area contributed by atoms with Crippen LogP contribution in [0.4, 0.5) is 24.5 Å². The first-order valence-electron chi connectivity index (χ1n) is 10.4. The molecule has 2 aromatic carbocycles. The fraction of sp³-hybridized carbons (Fsp3) is 0.304. The van der Waals surface area contributed by atoms with E-state index in [9.17, 15) is 22.8 Å². The van der Waals surface area contributed by atoms with Gasteiger partial charge in [0.25, 0.3) is 5.91 Å². The summed E-state index contributed by atoms with van der Waals surface area (Å²) in [6.07, 6.45) is 1.40. The third-order valence-corrected chi connectivity index (χ3v) is 5.55. The van der Waals surface area contributed by atoms with Gasteiger partial charge < -0.3 is 15.0 Å². The van der Waals surface area contributed by atoms with E-state index in [0.717, 1.165) is 6.07 Å². The second-order valence-electron chi connectivity index (χ2n) is 7.67. The largest absolute Gasteiger partial charge is 0.479 e. The van der Waals surface area contributed by atoms with Crippen LogP contribution in [-0.4, -0.2) is 36.4 Å². The summed E-state index contributed by atoms with van der Waals surface area (Å²) in [6.45, 7) is 0.264. The summed E-state index contributed by atoms with van der Waals surface area (Å²) in [5.41, 5.74) is 7.29. The van der Waals surface area contributed by atoms with Gasteiger partial charge in [-0.2, -0.15) is 13.2 Å². The number of hydrogen-bond acceptors (Lipinski definition) is 4. The van der Waals surface area contributed by atoms with Crippen molar-refractivity contribution in [3.8, 4) is 18.1 Å². The minimum Gasteiger partial charge on any atom is -0.479 e. The normalized spacial score (nSPS) is 15.5. The van der Waals surface area contributed by atoms with Crippen molar-refractivity contribution in [3.05, 3.63) is 63.0 Å². The zero-order valence-electron chi connectivity index (χ0n) is 18.2. The first-order valence-corrected chi connectivity index (χ1v) is 10.7. The predicted molar refractivity (Wildman–Crippen MR) is 123 cm³/mol. The van der Waals surface area contributed by atoms with Crippen LogP contribution in [0.3, 0.4) is 0 Å². The molecule has 3 rings (SSSR count). The van der Waals surface area contributed by atoms with E-state index in [-0.39, 0.29) is 36.9 Å². The molecule has 0 radical (unpaired) electrons. The van der Waals surface area contributed by atoms with E-state index in [0.29, 0.717) is 41.4 Å². The number of nitrogens with zero attached hydrogens (tertiary/aromatic N) is 4. The van der Waals surface area contributed by atoms with Crippen molar-refractivity contribution in [1.29, 1.82) is 0 Å². The highest BCUT2D eigenvalue weighted by Crippen LogP contribution is 2.34. The fourth-order valence-electron chi connectivity index (χ4n) is 3.62. The number of benzene rings is 2. The first kappa shape index (κ1) is 25.7. The Morgan fingerprint density at radius 1 is 1.31 bits per heavy atom. The number of nitrogens with one attached hydrogen (secondary N) is 1. The molecule has 35 heavy (non-hydrogen) atoms. The van der Waals surface area contributed by atoms with E-state index in [2.05, 4.69) is 21.3 Å². The molecule has 1 fully saturated rings. The molecule has 2 aromatic rings. The molecule has 1 aliphatic rings. The van der Waals surface area contributed by atoms with Crippen LogP contribution < -0.4 is 10.1 Å². The van der Waals surface area contributed by atoms with Gasteiger partial charge in [0.1, 0.15) is 12.4 Å². The number of anilines is 1. The number of terminal acetylenes is 1. The number of azide groups is 1. The van der Waals surface area contributed by atoms with Gasteiger partial charge in [-0.1, -0.05) is 22.6 Å². The average Bonchev–Trinajstić information content (AvgIpc) is 2.83. The monoisotopic (exact) mass is 505 g/mol. The maximum absolute atomic E-state index is 13.3. The molecule has 182 valence electrons. The Morgan fingerprint density at radius 2 is 2.09 bits per heavy atom. The highest BCUT2D eigenvalue weighted by atomic mass is 35.5. The minimum absolute atomic E-state index is 0.00576. The number of carbonyl (C=O) groups is 2. The Hall–Kier alpha value is -3.87. The Bertz CT molecular complexity index is 1220. The maximum Gasteiger partial charge on any atom is 0.416 e. The molecule has 0 bridgehead atoms. The number of alkyl halides is 3. The summed E-state index contributed by atoms with van der Waals surface area (Å²) in [7, 11) is 0. The van der Waals surface area contributed by atoms with E-state index in [1.54, 1.807) is 6.07 Å². The second kappa shape index (κ2) is 11.0. The lowest BCUT2D eigenvalue weighted by Gasteiger charge is -2.32. The summed E-state index contributed by atoms with van der Waals surface area (Å²) >= 11 is 6.05. The number of halogens is 4. The molecule has 2 amide bonds. The molecular formula is C23H19ClF3N5O3. The number of rotatable bonds is 6. The van der Waals surface area contributed by atoms with Gasteiger partial charge in [0.15, 0.2) is 0 Å². The third-order valence-electron chi connectivity index (χ3n) is 5.24. The number of ether oxygens (including phenoxy) is 1. The average molecular weight is 506 g/mol. The molecule has 1 aliphatic heterocycles. The number of carbonyl (C=O) groups excluding carboxylic acids is 2. The summed E-state index contributed by atoms with van der Waals surface area (Å²) in [5.74, 6) is 0.949. The van der Waals surface area contributed by atoms with Crippen LogP contribution in [0.1, 0.15) is 28.8 Å². The van der Waals surface area contributed by atoms with Crippen LogP contribution >= 0.6 is 11.6 Å². The summed E-state index contributed by atoms with van der Waals surface area (Å²) in [6, 6.07) is 7.09. The second-order valence-corrected chi connectivity index (χ2v) is 8.08. The molecule has 0 aromatic heterocycles. The van der Waals surface area contributed by atoms with Crippen molar-refractivity contribution in [3.63, 3.8) is 0 Å². The van der Waals surface area contributed by atoms with E-state index in [1.165, 1.54) is 17.0 Å². The van der Waals surface area contributed by atoms with E-state index < -0.39 is 23.6 Å². The molecular weight excluding hydrogens is 487 g/mol.